The molecule has 1 aromatic carbocycles. The number of nitrogens with zero attached hydrogens (tertiary/aromatic N) is 1. The van der Waals surface area contributed by atoms with Gasteiger partial charge in [-0.3, -0.25) is 9.59 Å². The lowest BCUT2D eigenvalue weighted by molar-refractivity contribution is -0.129. The van der Waals surface area contributed by atoms with Crippen LogP contribution in [-0.2, 0) is 9.59 Å². The van der Waals surface area contributed by atoms with Crippen LogP contribution in [0, 0.1) is 0 Å². The molecule has 0 fully saturated rings. The number of benzene rings is 1. The van der Waals surface area contributed by atoms with Crippen molar-refractivity contribution in [1.82, 2.24) is 4.90 Å². The Bertz CT molecular complexity index is 579. The van der Waals surface area contributed by atoms with Crippen molar-refractivity contribution in [3.63, 3.8) is 0 Å². The predicted octanol–water partition coefficient (Wildman–Crippen LogP) is 1.62. The average Bonchev–Trinajstić information content (AvgIpc) is 2.65. The molecule has 0 aliphatic carbocycles. The van der Waals surface area contributed by atoms with Gasteiger partial charge in [0.05, 0.1) is 18.2 Å². The van der Waals surface area contributed by atoms with Crippen LogP contribution < -0.4 is 0 Å². The molecule has 0 bridgehead atoms. The van der Waals surface area contributed by atoms with Crippen molar-refractivity contribution in [2.45, 2.75) is 13.0 Å². The van der Waals surface area contributed by atoms with Gasteiger partial charge in [0, 0.05) is 11.6 Å². The quantitative estimate of drug-likeness (QED) is 0.885. The molecular formula is C14H14ClNO4. The van der Waals surface area contributed by atoms with Crippen LogP contribution in [0.15, 0.2) is 35.6 Å². The van der Waals surface area contributed by atoms with Crippen molar-refractivity contribution in [2.24, 2.45) is 0 Å². The molecule has 5 nitrogen and oxygen atoms in total. The normalized spacial score (nSPS) is 18.9. The molecule has 1 heterocycles. The third kappa shape index (κ3) is 2.42. The standard InChI is InChI=1S/C14H14ClNO4/c1-8(18)11-12(9-2-4-10(15)5-3-9)16(6-7-17)14(20)13(11)19/h2-5,12,17,19H,6-7H2,1H3/t12-/m1/s1. The van der Waals surface area contributed by atoms with E-state index in [0.717, 1.165) is 0 Å². The monoisotopic (exact) mass is 295 g/mol. The Morgan fingerprint density at radius 1 is 1.35 bits per heavy atom. The second-order valence-electron chi connectivity index (χ2n) is 4.49. The van der Waals surface area contributed by atoms with Crippen LogP contribution in [0.2, 0.25) is 5.02 Å². The first-order valence-electron chi connectivity index (χ1n) is 6.08. The summed E-state index contributed by atoms with van der Waals surface area (Å²) in [6.07, 6.45) is 0. The van der Waals surface area contributed by atoms with Gasteiger partial charge in [-0.2, -0.15) is 0 Å². The van der Waals surface area contributed by atoms with Gasteiger partial charge < -0.3 is 15.1 Å². The maximum Gasteiger partial charge on any atom is 0.290 e. The summed E-state index contributed by atoms with van der Waals surface area (Å²) < 4.78 is 0. The van der Waals surface area contributed by atoms with E-state index in [0.29, 0.717) is 10.6 Å². The first-order chi connectivity index (χ1) is 9.47. The zero-order chi connectivity index (χ0) is 14.9. The summed E-state index contributed by atoms with van der Waals surface area (Å²) >= 11 is 5.82. The lowest BCUT2D eigenvalue weighted by Gasteiger charge is -2.25. The topological polar surface area (TPSA) is 77.8 Å². The molecule has 1 atom stereocenters. The van der Waals surface area contributed by atoms with Gasteiger partial charge in [0.25, 0.3) is 5.91 Å². The highest BCUT2D eigenvalue weighted by atomic mass is 35.5. The molecule has 0 saturated carbocycles. The van der Waals surface area contributed by atoms with Gasteiger partial charge in [0.15, 0.2) is 11.5 Å². The number of rotatable bonds is 4. The van der Waals surface area contributed by atoms with Crippen molar-refractivity contribution in [3.8, 4) is 0 Å². The van der Waals surface area contributed by atoms with E-state index < -0.39 is 17.7 Å². The minimum atomic E-state index is -0.690. The van der Waals surface area contributed by atoms with E-state index >= 15 is 0 Å². The molecule has 106 valence electrons. The fourth-order valence-corrected chi connectivity index (χ4v) is 2.47. The van der Waals surface area contributed by atoms with Gasteiger partial charge in [0.2, 0.25) is 0 Å². The smallest absolute Gasteiger partial charge is 0.290 e. The molecule has 1 amide bonds. The van der Waals surface area contributed by atoms with E-state index in [4.69, 9.17) is 16.7 Å². The summed E-state index contributed by atoms with van der Waals surface area (Å²) in [4.78, 5) is 25.0. The number of ketones is 1. The van der Waals surface area contributed by atoms with Crippen LogP contribution in [0.1, 0.15) is 18.5 Å². The van der Waals surface area contributed by atoms with Gasteiger partial charge in [-0.05, 0) is 24.6 Å². The Morgan fingerprint density at radius 2 is 1.95 bits per heavy atom. The Hall–Kier alpha value is -1.85. The minimum Gasteiger partial charge on any atom is -0.503 e. The van der Waals surface area contributed by atoms with Crippen LogP contribution in [0.3, 0.4) is 0 Å². The highest BCUT2D eigenvalue weighted by Gasteiger charge is 2.41. The molecule has 0 unspecified atom stereocenters. The van der Waals surface area contributed by atoms with Gasteiger partial charge in [-0.15, -0.1) is 0 Å². The molecular weight excluding hydrogens is 282 g/mol. The molecule has 1 aliphatic heterocycles. The molecule has 0 radical (unpaired) electrons. The summed E-state index contributed by atoms with van der Waals surface area (Å²) in [5.41, 5.74) is 0.705. The Kier molecular flexibility index (Phi) is 4.11. The predicted molar refractivity (Wildman–Crippen MR) is 73.3 cm³/mol. The summed E-state index contributed by atoms with van der Waals surface area (Å²) in [7, 11) is 0. The van der Waals surface area contributed by atoms with E-state index in [-0.39, 0.29) is 24.5 Å². The molecule has 2 N–H and O–H groups in total. The van der Waals surface area contributed by atoms with Crippen molar-refractivity contribution in [2.75, 3.05) is 13.2 Å². The number of carbonyl (C=O) groups is 2. The van der Waals surface area contributed by atoms with Crippen LogP contribution in [-0.4, -0.2) is 40.0 Å². The number of carbonyl (C=O) groups excluding carboxylic acids is 2. The maximum absolute atomic E-state index is 12.0. The summed E-state index contributed by atoms with van der Waals surface area (Å²) in [6.45, 7) is 1.07. The Balaban J connectivity index is 2.51. The number of hydrogen-bond donors (Lipinski definition) is 2. The fraction of sp³-hybridized carbons (Fsp3) is 0.286. The molecule has 0 aromatic heterocycles. The van der Waals surface area contributed by atoms with Crippen LogP contribution in [0.5, 0.6) is 0 Å². The highest BCUT2D eigenvalue weighted by Crippen LogP contribution is 2.37. The summed E-state index contributed by atoms with van der Waals surface area (Å²) in [6, 6.07) is 5.97. The first kappa shape index (κ1) is 14.6. The fourth-order valence-electron chi connectivity index (χ4n) is 2.34. The number of β-amino-alcohol motifs (C(OH)–C–C–N with tert-alkyl or cyclic N) is 1. The molecule has 0 spiro atoms. The first-order valence-corrected chi connectivity index (χ1v) is 6.46. The van der Waals surface area contributed by atoms with Crippen LogP contribution in [0.4, 0.5) is 0 Å². The van der Waals surface area contributed by atoms with Gasteiger partial charge in [-0.25, -0.2) is 0 Å². The SMILES string of the molecule is CC(=O)C1=C(O)C(=O)N(CCO)[C@@H]1c1ccc(Cl)cc1. The molecule has 20 heavy (non-hydrogen) atoms. The van der Waals surface area contributed by atoms with E-state index in [9.17, 15) is 14.7 Å². The third-order valence-corrected chi connectivity index (χ3v) is 3.46. The zero-order valence-electron chi connectivity index (χ0n) is 10.8. The summed E-state index contributed by atoms with van der Waals surface area (Å²) in [5.74, 6) is -1.58. The van der Waals surface area contributed by atoms with Gasteiger partial charge >= 0.3 is 0 Å². The third-order valence-electron chi connectivity index (χ3n) is 3.21. The molecule has 1 aromatic rings. The zero-order valence-corrected chi connectivity index (χ0v) is 11.6. The van der Waals surface area contributed by atoms with Crippen LogP contribution in [0.25, 0.3) is 0 Å². The maximum atomic E-state index is 12.0. The number of amides is 1. The Labute approximate surface area is 121 Å². The minimum absolute atomic E-state index is 0.0347. The van der Waals surface area contributed by atoms with Crippen molar-refractivity contribution in [3.05, 3.63) is 46.2 Å². The van der Waals surface area contributed by atoms with E-state index in [2.05, 4.69) is 0 Å². The lowest BCUT2D eigenvalue weighted by atomic mass is 9.97. The number of aliphatic hydroxyl groups is 2. The van der Waals surface area contributed by atoms with Gasteiger partial charge in [-0.1, -0.05) is 23.7 Å². The molecule has 0 saturated heterocycles. The second-order valence-corrected chi connectivity index (χ2v) is 4.93. The van der Waals surface area contributed by atoms with Gasteiger partial charge in [0.1, 0.15) is 0 Å². The number of halogens is 1. The van der Waals surface area contributed by atoms with Crippen LogP contribution >= 0.6 is 11.6 Å². The summed E-state index contributed by atoms with van der Waals surface area (Å²) in [5, 5.41) is 19.5. The number of hydrogen-bond acceptors (Lipinski definition) is 4. The van der Waals surface area contributed by atoms with Crippen molar-refractivity contribution < 1.29 is 19.8 Å². The lowest BCUT2D eigenvalue weighted by Crippen LogP contribution is -2.33. The molecule has 2 rings (SSSR count). The molecule has 1 aliphatic rings. The second kappa shape index (κ2) is 5.64. The van der Waals surface area contributed by atoms with E-state index in [1.54, 1.807) is 24.3 Å². The van der Waals surface area contributed by atoms with E-state index in [1.165, 1.54) is 11.8 Å². The average molecular weight is 296 g/mol. The number of aliphatic hydroxyl groups excluding tert-OH is 2. The van der Waals surface area contributed by atoms with Crippen molar-refractivity contribution >= 4 is 23.3 Å². The highest BCUT2D eigenvalue weighted by molar-refractivity contribution is 6.30. The molecule has 6 heteroatoms. The largest absolute Gasteiger partial charge is 0.503 e. The van der Waals surface area contributed by atoms with Crippen molar-refractivity contribution in [1.29, 1.82) is 0 Å². The number of Topliss-reactive ketones (excluding diaryl/α,β-unsaturated/α-hetero) is 1. The Morgan fingerprint density at radius 3 is 2.45 bits per heavy atom. The van der Waals surface area contributed by atoms with E-state index in [1.807, 2.05) is 0 Å².